The van der Waals surface area contributed by atoms with E-state index in [9.17, 15) is 0 Å². The lowest BCUT2D eigenvalue weighted by molar-refractivity contribution is 0.174. The maximum atomic E-state index is 5.70. The first-order chi connectivity index (χ1) is 13.3. The lowest BCUT2D eigenvalue weighted by Crippen LogP contribution is -2.30. The Kier molecular flexibility index (Phi) is 3.98. The lowest BCUT2D eigenvalue weighted by atomic mass is 9.87. The van der Waals surface area contributed by atoms with Crippen LogP contribution in [0.5, 0.6) is 17.2 Å². The van der Waals surface area contributed by atoms with Crippen molar-refractivity contribution in [1.29, 1.82) is 0 Å². The fraction of sp³-hybridized carbons (Fsp3) is 0.217. The molecule has 1 unspecified atom stereocenters. The van der Waals surface area contributed by atoms with Gasteiger partial charge in [0.15, 0.2) is 11.5 Å². The summed E-state index contributed by atoms with van der Waals surface area (Å²) in [5.41, 5.74) is 6.05. The zero-order valence-electron chi connectivity index (χ0n) is 15.2. The minimum atomic E-state index is 0.0573. The van der Waals surface area contributed by atoms with Gasteiger partial charge in [0.1, 0.15) is 5.75 Å². The van der Waals surface area contributed by atoms with Crippen LogP contribution >= 0.6 is 0 Å². The van der Waals surface area contributed by atoms with E-state index in [0.717, 1.165) is 35.8 Å². The normalized spacial score (nSPS) is 17.4. The number of hydrogen-bond donors (Lipinski definition) is 1. The van der Waals surface area contributed by atoms with Crippen LogP contribution in [0.25, 0.3) is 11.1 Å². The minimum Gasteiger partial charge on any atom is -0.496 e. The largest absolute Gasteiger partial charge is 0.496 e. The van der Waals surface area contributed by atoms with Crippen molar-refractivity contribution in [2.45, 2.75) is 12.5 Å². The molecule has 3 aromatic carbocycles. The van der Waals surface area contributed by atoms with Crippen molar-refractivity contribution in [2.75, 3.05) is 20.4 Å². The van der Waals surface area contributed by atoms with Crippen LogP contribution in [-0.4, -0.2) is 20.4 Å². The van der Waals surface area contributed by atoms with Crippen LogP contribution in [0.2, 0.25) is 0 Å². The number of ether oxygens (including phenoxy) is 3. The number of methoxy groups -OCH3 is 1. The second-order valence-corrected chi connectivity index (χ2v) is 6.86. The third-order valence-electron chi connectivity index (χ3n) is 5.34. The van der Waals surface area contributed by atoms with Crippen molar-refractivity contribution in [3.05, 3.63) is 77.4 Å². The number of nitrogens with one attached hydrogen (secondary N) is 1. The van der Waals surface area contributed by atoms with Crippen molar-refractivity contribution >= 4 is 0 Å². The van der Waals surface area contributed by atoms with Crippen LogP contribution < -0.4 is 19.5 Å². The summed E-state index contributed by atoms with van der Waals surface area (Å²) in [6.07, 6.45) is 0.975. The summed E-state index contributed by atoms with van der Waals surface area (Å²) in [5.74, 6) is 2.55. The van der Waals surface area contributed by atoms with Gasteiger partial charge >= 0.3 is 0 Å². The molecule has 1 N–H and O–H groups in total. The van der Waals surface area contributed by atoms with E-state index in [2.05, 4.69) is 59.9 Å². The van der Waals surface area contributed by atoms with Crippen LogP contribution in [-0.2, 0) is 6.42 Å². The van der Waals surface area contributed by atoms with Gasteiger partial charge in [0, 0.05) is 12.1 Å². The number of fused-ring (bicyclic) bond motifs is 2. The molecule has 3 aromatic rings. The van der Waals surface area contributed by atoms with Gasteiger partial charge in [-0.3, -0.25) is 0 Å². The van der Waals surface area contributed by atoms with Crippen molar-refractivity contribution < 1.29 is 14.2 Å². The summed E-state index contributed by atoms with van der Waals surface area (Å²) < 4.78 is 16.9. The van der Waals surface area contributed by atoms with E-state index in [1.54, 1.807) is 7.11 Å². The molecular weight excluding hydrogens is 338 g/mol. The number of rotatable bonds is 3. The second kappa shape index (κ2) is 6.63. The topological polar surface area (TPSA) is 39.7 Å². The minimum absolute atomic E-state index is 0.0573. The smallest absolute Gasteiger partial charge is 0.231 e. The summed E-state index contributed by atoms with van der Waals surface area (Å²) in [6, 6.07) is 21.1. The highest BCUT2D eigenvalue weighted by atomic mass is 16.7. The molecule has 2 heterocycles. The van der Waals surface area contributed by atoms with E-state index >= 15 is 0 Å². The van der Waals surface area contributed by atoms with Gasteiger partial charge in [0.25, 0.3) is 0 Å². The Balaban J connectivity index is 1.63. The van der Waals surface area contributed by atoms with Gasteiger partial charge in [-0.05, 0) is 52.9 Å². The molecule has 0 bridgehead atoms. The molecule has 0 fully saturated rings. The number of hydrogen-bond acceptors (Lipinski definition) is 4. The molecule has 0 spiro atoms. The predicted molar refractivity (Wildman–Crippen MR) is 105 cm³/mol. The Labute approximate surface area is 158 Å². The summed E-state index contributed by atoms with van der Waals surface area (Å²) >= 11 is 0. The Morgan fingerprint density at radius 1 is 0.889 bits per heavy atom. The second-order valence-electron chi connectivity index (χ2n) is 6.86. The zero-order valence-corrected chi connectivity index (χ0v) is 15.2. The third-order valence-corrected chi connectivity index (χ3v) is 5.34. The van der Waals surface area contributed by atoms with Crippen LogP contribution in [0.15, 0.2) is 60.7 Å². The van der Waals surface area contributed by atoms with E-state index in [1.165, 1.54) is 22.3 Å². The van der Waals surface area contributed by atoms with E-state index < -0.39 is 0 Å². The van der Waals surface area contributed by atoms with E-state index in [4.69, 9.17) is 14.2 Å². The van der Waals surface area contributed by atoms with Gasteiger partial charge in [-0.1, -0.05) is 36.4 Å². The van der Waals surface area contributed by atoms with Crippen molar-refractivity contribution in [1.82, 2.24) is 5.32 Å². The fourth-order valence-corrected chi connectivity index (χ4v) is 3.99. The molecule has 4 heteroatoms. The third kappa shape index (κ3) is 2.82. The summed E-state index contributed by atoms with van der Waals surface area (Å²) in [4.78, 5) is 0. The molecule has 4 nitrogen and oxygen atoms in total. The van der Waals surface area contributed by atoms with Gasteiger partial charge in [-0.25, -0.2) is 0 Å². The zero-order chi connectivity index (χ0) is 18.2. The van der Waals surface area contributed by atoms with Crippen LogP contribution in [0.3, 0.4) is 0 Å². The summed E-state index contributed by atoms with van der Waals surface area (Å²) in [6.45, 7) is 1.21. The molecule has 0 saturated carbocycles. The van der Waals surface area contributed by atoms with Crippen molar-refractivity contribution in [2.24, 2.45) is 0 Å². The summed E-state index contributed by atoms with van der Waals surface area (Å²) in [5, 5.41) is 3.66. The first kappa shape index (κ1) is 16.2. The highest BCUT2D eigenvalue weighted by Gasteiger charge is 2.28. The Bertz CT molecular complexity index is 984. The van der Waals surface area contributed by atoms with Gasteiger partial charge in [-0.2, -0.15) is 0 Å². The molecule has 2 aliphatic rings. The SMILES string of the molecule is COc1ccc(-c2ccccc2)cc1C1NCCc2cc3c(cc21)OCO3. The molecule has 2 aliphatic heterocycles. The highest BCUT2D eigenvalue weighted by Crippen LogP contribution is 2.42. The van der Waals surface area contributed by atoms with E-state index in [1.807, 2.05) is 6.07 Å². The molecule has 0 amide bonds. The van der Waals surface area contributed by atoms with Crippen molar-refractivity contribution in [3.8, 4) is 28.4 Å². The summed E-state index contributed by atoms with van der Waals surface area (Å²) in [7, 11) is 1.73. The maximum absolute atomic E-state index is 5.70. The molecule has 0 radical (unpaired) electrons. The molecule has 27 heavy (non-hydrogen) atoms. The first-order valence-corrected chi connectivity index (χ1v) is 9.22. The quantitative estimate of drug-likeness (QED) is 0.756. The Hall–Kier alpha value is -2.98. The van der Waals surface area contributed by atoms with Crippen LogP contribution in [0, 0.1) is 0 Å². The molecule has 0 saturated heterocycles. The van der Waals surface area contributed by atoms with E-state index in [-0.39, 0.29) is 6.04 Å². The molecule has 5 rings (SSSR count). The molecular formula is C23H21NO3. The van der Waals surface area contributed by atoms with Gasteiger partial charge in [0.2, 0.25) is 6.79 Å². The van der Waals surface area contributed by atoms with Gasteiger partial charge in [-0.15, -0.1) is 0 Å². The van der Waals surface area contributed by atoms with Crippen molar-refractivity contribution in [3.63, 3.8) is 0 Å². The Morgan fingerprint density at radius 2 is 1.70 bits per heavy atom. The lowest BCUT2D eigenvalue weighted by Gasteiger charge is -2.29. The number of benzene rings is 3. The van der Waals surface area contributed by atoms with Crippen LogP contribution in [0.4, 0.5) is 0 Å². The average molecular weight is 359 g/mol. The molecule has 0 aliphatic carbocycles. The van der Waals surface area contributed by atoms with Crippen LogP contribution in [0.1, 0.15) is 22.7 Å². The monoisotopic (exact) mass is 359 g/mol. The van der Waals surface area contributed by atoms with Gasteiger partial charge < -0.3 is 19.5 Å². The molecule has 1 atom stereocenters. The maximum Gasteiger partial charge on any atom is 0.231 e. The molecule has 0 aromatic heterocycles. The molecule has 136 valence electrons. The van der Waals surface area contributed by atoms with Gasteiger partial charge in [0.05, 0.1) is 13.2 Å². The average Bonchev–Trinajstić information content (AvgIpc) is 3.19. The standard InChI is InChI=1S/C23H21NO3/c1-25-20-8-7-16(15-5-3-2-4-6-15)11-19(20)23-18-13-22-21(26-14-27-22)12-17(18)9-10-24-23/h2-8,11-13,23-24H,9-10,14H2,1H3. The highest BCUT2D eigenvalue weighted by molar-refractivity contribution is 5.67. The Morgan fingerprint density at radius 3 is 2.52 bits per heavy atom. The fourth-order valence-electron chi connectivity index (χ4n) is 3.99. The van der Waals surface area contributed by atoms with E-state index in [0.29, 0.717) is 6.79 Å². The predicted octanol–water partition coefficient (Wildman–Crippen LogP) is 4.33. The first-order valence-electron chi connectivity index (χ1n) is 9.22.